The van der Waals surface area contributed by atoms with Crippen molar-refractivity contribution in [2.24, 2.45) is 0 Å². The Morgan fingerprint density at radius 1 is 1.31 bits per heavy atom. The molecule has 2 rings (SSSR count). The molecule has 0 amide bonds. The smallest absolute Gasteiger partial charge is 0.0372 e. The van der Waals surface area contributed by atoms with Crippen LogP contribution in [0.2, 0.25) is 0 Å². The van der Waals surface area contributed by atoms with Crippen LogP contribution in [0, 0.1) is 6.92 Å². The minimum absolute atomic E-state index is 0.464. The molecule has 0 saturated heterocycles. The molecule has 2 aromatic heterocycles. The van der Waals surface area contributed by atoms with Gasteiger partial charge in [0.15, 0.2) is 0 Å². The molecule has 3 heteroatoms. The number of nitrogens with one attached hydrogen (secondary N) is 1. The highest BCUT2D eigenvalue weighted by atomic mass is 32.1. The van der Waals surface area contributed by atoms with Crippen LogP contribution in [0.15, 0.2) is 28.3 Å². The average molecular weight is 251 g/mol. The zero-order valence-corrected chi connectivity index (χ0v) is 11.3. The van der Waals surface area contributed by atoms with Gasteiger partial charge in [0.25, 0.3) is 0 Å². The molecule has 86 valence electrons. The maximum atomic E-state index is 3.58. The molecule has 2 aromatic rings. The van der Waals surface area contributed by atoms with Gasteiger partial charge in [-0.1, -0.05) is 6.92 Å². The molecule has 0 aliphatic rings. The summed E-state index contributed by atoms with van der Waals surface area (Å²) in [6, 6.07) is 4.93. The van der Waals surface area contributed by atoms with Crippen molar-refractivity contribution in [3.63, 3.8) is 0 Å². The van der Waals surface area contributed by atoms with Gasteiger partial charge in [-0.3, -0.25) is 0 Å². The number of rotatable bonds is 5. The van der Waals surface area contributed by atoms with Gasteiger partial charge in [-0.05, 0) is 59.3 Å². The first-order valence-corrected chi connectivity index (χ1v) is 7.42. The second-order valence-corrected chi connectivity index (χ2v) is 5.78. The minimum Gasteiger partial charge on any atom is -0.310 e. The van der Waals surface area contributed by atoms with Gasteiger partial charge in [0.1, 0.15) is 0 Å². The second kappa shape index (κ2) is 5.62. The van der Waals surface area contributed by atoms with Crippen LogP contribution < -0.4 is 5.32 Å². The van der Waals surface area contributed by atoms with Crippen LogP contribution in [0.4, 0.5) is 0 Å². The SMILES string of the molecule is CCNC(Cc1ccsc1)c1ccsc1C. The van der Waals surface area contributed by atoms with Crippen molar-refractivity contribution < 1.29 is 0 Å². The Hall–Kier alpha value is -0.640. The molecule has 0 radical (unpaired) electrons. The molecule has 2 heterocycles. The first-order valence-electron chi connectivity index (χ1n) is 5.59. The maximum absolute atomic E-state index is 3.58. The molecule has 1 N–H and O–H groups in total. The monoisotopic (exact) mass is 251 g/mol. The van der Waals surface area contributed by atoms with E-state index in [9.17, 15) is 0 Å². The van der Waals surface area contributed by atoms with Crippen LogP contribution >= 0.6 is 22.7 Å². The zero-order chi connectivity index (χ0) is 11.4. The summed E-state index contributed by atoms with van der Waals surface area (Å²) in [6.45, 7) is 5.39. The van der Waals surface area contributed by atoms with Crippen molar-refractivity contribution >= 4 is 22.7 Å². The summed E-state index contributed by atoms with van der Waals surface area (Å²) in [5, 5.41) is 10.2. The van der Waals surface area contributed by atoms with Crippen molar-refractivity contribution in [1.29, 1.82) is 0 Å². The van der Waals surface area contributed by atoms with E-state index in [-0.39, 0.29) is 0 Å². The first-order chi connectivity index (χ1) is 7.81. The molecule has 0 bridgehead atoms. The van der Waals surface area contributed by atoms with E-state index in [1.165, 1.54) is 16.0 Å². The third-order valence-electron chi connectivity index (χ3n) is 2.74. The second-order valence-electron chi connectivity index (χ2n) is 3.88. The van der Waals surface area contributed by atoms with E-state index in [1.54, 1.807) is 11.3 Å². The van der Waals surface area contributed by atoms with Gasteiger partial charge < -0.3 is 5.32 Å². The van der Waals surface area contributed by atoms with Crippen molar-refractivity contribution in [1.82, 2.24) is 5.32 Å². The molecule has 16 heavy (non-hydrogen) atoms. The lowest BCUT2D eigenvalue weighted by Crippen LogP contribution is -2.22. The molecule has 0 aromatic carbocycles. The van der Waals surface area contributed by atoms with Gasteiger partial charge in [0.05, 0.1) is 0 Å². The lowest BCUT2D eigenvalue weighted by atomic mass is 10.0. The Morgan fingerprint density at radius 3 is 2.75 bits per heavy atom. The van der Waals surface area contributed by atoms with E-state index >= 15 is 0 Å². The van der Waals surface area contributed by atoms with Crippen molar-refractivity contribution in [3.05, 3.63) is 44.3 Å². The molecular formula is C13H17NS2. The molecule has 1 nitrogen and oxygen atoms in total. The maximum Gasteiger partial charge on any atom is 0.0372 e. The van der Waals surface area contributed by atoms with Crippen molar-refractivity contribution in [3.8, 4) is 0 Å². The van der Waals surface area contributed by atoms with Crippen LogP contribution in [0.5, 0.6) is 0 Å². The Kier molecular flexibility index (Phi) is 4.16. The highest BCUT2D eigenvalue weighted by Crippen LogP contribution is 2.26. The highest BCUT2D eigenvalue weighted by molar-refractivity contribution is 7.10. The number of hydrogen-bond acceptors (Lipinski definition) is 3. The van der Waals surface area contributed by atoms with Gasteiger partial charge in [-0.2, -0.15) is 11.3 Å². The van der Waals surface area contributed by atoms with Gasteiger partial charge in [0.2, 0.25) is 0 Å². The molecule has 0 aliphatic carbocycles. The van der Waals surface area contributed by atoms with Crippen LogP contribution in [0.25, 0.3) is 0 Å². The lowest BCUT2D eigenvalue weighted by Gasteiger charge is -2.17. The number of aryl methyl sites for hydroxylation is 1. The molecule has 0 spiro atoms. The Balaban J connectivity index is 2.14. The summed E-state index contributed by atoms with van der Waals surface area (Å²) in [7, 11) is 0. The third kappa shape index (κ3) is 2.73. The summed E-state index contributed by atoms with van der Waals surface area (Å²) < 4.78 is 0. The normalized spacial score (nSPS) is 12.9. The Bertz CT molecular complexity index is 417. The fourth-order valence-electron chi connectivity index (χ4n) is 1.94. The molecule has 1 unspecified atom stereocenters. The van der Waals surface area contributed by atoms with Gasteiger partial charge in [-0.15, -0.1) is 11.3 Å². The summed E-state index contributed by atoms with van der Waals surface area (Å²) >= 11 is 3.61. The molecule has 0 aliphatic heterocycles. The molecular weight excluding hydrogens is 234 g/mol. The van der Waals surface area contributed by atoms with E-state index in [4.69, 9.17) is 0 Å². The van der Waals surface area contributed by atoms with Gasteiger partial charge in [-0.25, -0.2) is 0 Å². The topological polar surface area (TPSA) is 12.0 Å². The van der Waals surface area contributed by atoms with Crippen LogP contribution in [0.3, 0.4) is 0 Å². The van der Waals surface area contributed by atoms with Crippen molar-refractivity contribution in [2.75, 3.05) is 6.54 Å². The minimum atomic E-state index is 0.464. The Labute approximate surface area is 105 Å². The van der Waals surface area contributed by atoms with E-state index in [1.807, 2.05) is 11.3 Å². The standard InChI is InChI=1S/C13H17NS2/c1-3-14-13(8-11-4-6-15-9-11)12-5-7-16-10(12)2/h4-7,9,13-14H,3,8H2,1-2H3. The fraction of sp³-hybridized carbons (Fsp3) is 0.385. The predicted octanol–water partition coefficient (Wildman–Crippen LogP) is 4.01. The summed E-state index contributed by atoms with van der Waals surface area (Å²) in [6.07, 6.45) is 1.09. The van der Waals surface area contributed by atoms with E-state index < -0.39 is 0 Å². The largest absolute Gasteiger partial charge is 0.310 e. The summed E-state index contributed by atoms with van der Waals surface area (Å²) in [5.41, 5.74) is 2.89. The lowest BCUT2D eigenvalue weighted by molar-refractivity contribution is 0.550. The van der Waals surface area contributed by atoms with Gasteiger partial charge >= 0.3 is 0 Å². The number of likely N-dealkylation sites (N-methyl/N-ethyl adjacent to an activating group) is 1. The number of hydrogen-bond donors (Lipinski definition) is 1. The first kappa shape index (κ1) is 11.8. The molecule has 1 atom stereocenters. The third-order valence-corrected chi connectivity index (χ3v) is 4.34. The van der Waals surface area contributed by atoms with Gasteiger partial charge in [0, 0.05) is 10.9 Å². The Morgan fingerprint density at radius 2 is 2.19 bits per heavy atom. The fourth-order valence-corrected chi connectivity index (χ4v) is 3.39. The summed E-state index contributed by atoms with van der Waals surface area (Å²) in [4.78, 5) is 1.43. The highest BCUT2D eigenvalue weighted by Gasteiger charge is 2.14. The average Bonchev–Trinajstić information content (AvgIpc) is 2.88. The van der Waals surface area contributed by atoms with Crippen LogP contribution in [0.1, 0.15) is 29.0 Å². The van der Waals surface area contributed by atoms with Crippen LogP contribution in [-0.4, -0.2) is 6.54 Å². The van der Waals surface area contributed by atoms with Crippen LogP contribution in [-0.2, 0) is 6.42 Å². The van der Waals surface area contributed by atoms with E-state index in [2.05, 4.69) is 47.4 Å². The molecule has 0 fully saturated rings. The van der Waals surface area contributed by atoms with E-state index in [0.717, 1.165) is 13.0 Å². The number of thiophene rings is 2. The van der Waals surface area contributed by atoms with Crippen molar-refractivity contribution in [2.45, 2.75) is 26.3 Å². The quantitative estimate of drug-likeness (QED) is 0.846. The molecule has 0 saturated carbocycles. The van der Waals surface area contributed by atoms with E-state index in [0.29, 0.717) is 6.04 Å². The summed E-state index contributed by atoms with van der Waals surface area (Å²) in [5.74, 6) is 0. The predicted molar refractivity (Wildman–Crippen MR) is 73.5 cm³/mol. The zero-order valence-electron chi connectivity index (χ0n) is 9.69.